The number of aromatic nitrogens is 1. The van der Waals surface area contributed by atoms with Crippen molar-refractivity contribution in [2.24, 2.45) is 0 Å². The Morgan fingerprint density at radius 3 is 2.58 bits per heavy atom. The molecule has 1 saturated carbocycles. The van der Waals surface area contributed by atoms with E-state index in [0.717, 1.165) is 24.3 Å². The average Bonchev–Trinajstić information content (AvgIpc) is 3.19. The third-order valence-corrected chi connectivity index (χ3v) is 5.28. The second-order valence-corrected chi connectivity index (χ2v) is 7.16. The van der Waals surface area contributed by atoms with E-state index >= 15 is 0 Å². The molecule has 0 saturated heterocycles. The van der Waals surface area contributed by atoms with Gasteiger partial charge in [-0.25, -0.2) is 9.78 Å². The zero-order valence-electron chi connectivity index (χ0n) is 13.3. The van der Waals surface area contributed by atoms with Crippen LogP contribution in [-0.4, -0.2) is 27.5 Å². The smallest absolute Gasteiger partial charge is 0.329 e. The van der Waals surface area contributed by atoms with Gasteiger partial charge in [-0.3, -0.25) is 4.79 Å². The molecule has 0 radical (unpaired) electrons. The number of amides is 1. The molecule has 1 fully saturated rings. The van der Waals surface area contributed by atoms with Crippen LogP contribution in [0.1, 0.15) is 41.9 Å². The maximum atomic E-state index is 12.2. The molecule has 1 aromatic carbocycles. The number of carbonyl (C=O) groups excluding carboxylic acids is 1. The second kappa shape index (κ2) is 7.13. The summed E-state index contributed by atoms with van der Waals surface area (Å²) in [6.45, 7) is 0. The van der Waals surface area contributed by atoms with E-state index in [9.17, 15) is 14.7 Å². The van der Waals surface area contributed by atoms with Gasteiger partial charge in [-0.15, -0.1) is 11.3 Å². The normalized spacial score (nSPS) is 16.0. The Kier molecular flexibility index (Phi) is 4.94. The maximum absolute atomic E-state index is 12.2. The molecule has 0 unspecified atom stereocenters. The first kappa shape index (κ1) is 16.6. The van der Waals surface area contributed by atoms with Crippen LogP contribution in [0, 0.1) is 0 Å². The van der Waals surface area contributed by atoms with E-state index in [1.54, 1.807) is 0 Å². The Morgan fingerprint density at radius 1 is 1.21 bits per heavy atom. The van der Waals surface area contributed by atoms with Gasteiger partial charge in [0, 0.05) is 11.8 Å². The van der Waals surface area contributed by atoms with Gasteiger partial charge in [-0.1, -0.05) is 43.2 Å². The van der Waals surface area contributed by atoms with Crippen LogP contribution >= 0.6 is 11.3 Å². The highest BCUT2D eigenvalue weighted by Gasteiger charge is 2.42. The first-order chi connectivity index (χ1) is 11.6. The van der Waals surface area contributed by atoms with Gasteiger partial charge >= 0.3 is 5.97 Å². The average molecular weight is 344 g/mol. The van der Waals surface area contributed by atoms with Crippen molar-refractivity contribution >= 4 is 23.2 Å². The Morgan fingerprint density at radius 2 is 1.92 bits per heavy atom. The summed E-state index contributed by atoms with van der Waals surface area (Å²) in [5, 5.41) is 15.0. The molecule has 6 heteroatoms. The van der Waals surface area contributed by atoms with Crippen LogP contribution in [0.4, 0.5) is 0 Å². The lowest BCUT2D eigenvalue weighted by atomic mass is 9.97. The van der Waals surface area contributed by atoms with Gasteiger partial charge in [0.05, 0.1) is 17.1 Å². The summed E-state index contributed by atoms with van der Waals surface area (Å²) in [7, 11) is 0. The van der Waals surface area contributed by atoms with Gasteiger partial charge in [0.15, 0.2) is 0 Å². The molecule has 1 heterocycles. The van der Waals surface area contributed by atoms with Crippen molar-refractivity contribution in [1.82, 2.24) is 10.3 Å². The van der Waals surface area contributed by atoms with Gasteiger partial charge in [0.2, 0.25) is 5.91 Å². The third-order valence-electron chi connectivity index (χ3n) is 4.38. The number of carbonyl (C=O) groups is 2. The summed E-state index contributed by atoms with van der Waals surface area (Å²) in [6, 6.07) is 10.0. The van der Waals surface area contributed by atoms with E-state index in [1.165, 1.54) is 16.9 Å². The monoisotopic (exact) mass is 344 g/mol. The zero-order chi connectivity index (χ0) is 17.0. The molecule has 1 aliphatic rings. The number of nitrogens with one attached hydrogen (secondary N) is 1. The van der Waals surface area contributed by atoms with Crippen LogP contribution in [-0.2, 0) is 22.4 Å². The number of hydrogen-bond acceptors (Lipinski definition) is 4. The fourth-order valence-electron chi connectivity index (χ4n) is 3.13. The minimum absolute atomic E-state index is 0.125. The van der Waals surface area contributed by atoms with Crippen LogP contribution in [0.5, 0.6) is 0 Å². The highest BCUT2D eigenvalue weighted by Crippen LogP contribution is 2.30. The summed E-state index contributed by atoms with van der Waals surface area (Å²) in [5.41, 5.74) is 0.792. The summed E-state index contributed by atoms with van der Waals surface area (Å²) >= 11 is 1.53. The summed E-state index contributed by atoms with van der Waals surface area (Å²) in [6.07, 6.45) is 3.55. The fraction of sp³-hybridized carbons (Fsp3) is 0.389. The maximum Gasteiger partial charge on any atom is 0.329 e. The van der Waals surface area contributed by atoms with E-state index in [2.05, 4.69) is 10.3 Å². The van der Waals surface area contributed by atoms with E-state index in [1.807, 2.05) is 35.7 Å². The molecule has 2 N–H and O–H groups in total. The SMILES string of the molecule is O=C(Cc1csc(Cc2ccccc2)n1)NC1(C(=O)O)CCCC1. The zero-order valence-corrected chi connectivity index (χ0v) is 14.1. The second-order valence-electron chi connectivity index (χ2n) is 6.21. The lowest BCUT2D eigenvalue weighted by Gasteiger charge is -2.25. The van der Waals surface area contributed by atoms with Crippen molar-refractivity contribution in [3.05, 3.63) is 52.0 Å². The molecule has 1 aromatic heterocycles. The van der Waals surface area contributed by atoms with Crippen LogP contribution in [0.3, 0.4) is 0 Å². The molecule has 0 bridgehead atoms. The number of hydrogen-bond donors (Lipinski definition) is 2. The molecule has 0 spiro atoms. The lowest BCUT2D eigenvalue weighted by Crippen LogP contribution is -2.52. The third kappa shape index (κ3) is 3.82. The van der Waals surface area contributed by atoms with Gasteiger partial charge in [0.1, 0.15) is 5.54 Å². The summed E-state index contributed by atoms with van der Waals surface area (Å²) < 4.78 is 0. The molecular formula is C18H20N2O3S. The number of nitrogens with zero attached hydrogens (tertiary/aromatic N) is 1. The predicted octanol–water partition coefficient (Wildman–Crippen LogP) is 2.79. The summed E-state index contributed by atoms with van der Waals surface area (Å²) in [4.78, 5) is 28.2. The predicted molar refractivity (Wildman–Crippen MR) is 92.0 cm³/mol. The fourth-order valence-corrected chi connectivity index (χ4v) is 3.96. The Labute approximate surface area is 144 Å². The molecule has 0 aliphatic heterocycles. The van der Waals surface area contributed by atoms with Gasteiger partial charge < -0.3 is 10.4 Å². The van der Waals surface area contributed by atoms with Crippen molar-refractivity contribution < 1.29 is 14.7 Å². The standard InChI is InChI=1S/C18H20N2O3S/c21-15(20-18(17(22)23)8-4-5-9-18)11-14-12-24-16(19-14)10-13-6-2-1-3-7-13/h1-3,6-7,12H,4-5,8-11H2,(H,20,21)(H,22,23). The van der Waals surface area contributed by atoms with Crippen LogP contribution in [0.15, 0.2) is 35.7 Å². The number of thiazole rings is 1. The first-order valence-corrected chi connectivity index (χ1v) is 8.97. The topological polar surface area (TPSA) is 79.3 Å². The van der Waals surface area contributed by atoms with Crippen LogP contribution < -0.4 is 5.32 Å². The van der Waals surface area contributed by atoms with Gasteiger partial charge in [0.25, 0.3) is 0 Å². The number of carboxylic acids is 1. The van der Waals surface area contributed by atoms with Crippen molar-refractivity contribution in [2.75, 3.05) is 0 Å². The Hall–Kier alpha value is -2.21. The quantitative estimate of drug-likeness (QED) is 0.844. The van der Waals surface area contributed by atoms with Crippen LogP contribution in [0.25, 0.3) is 0 Å². The van der Waals surface area contributed by atoms with E-state index in [-0.39, 0.29) is 12.3 Å². The van der Waals surface area contributed by atoms with Crippen LogP contribution in [0.2, 0.25) is 0 Å². The van der Waals surface area contributed by atoms with E-state index in [0.29, 0.717) is 18.5 Å². The lowest BCUT2D eigenvalue weighted by molar-refractivity contribution is -0.147. The molecule has 5 nitrogen and oxygen atoms in total. The Bertz CT molecular complexity index is 721. The minimum Gasteiger partial charge on any atom is -0.480 e. The van der Waals surface area contributed by atoms with Crippen molar-refractivity contribution in [3.63, 3.8) is 0 Å². The molecule has 126 valence electrons. The molecule has 0 atom stereocenters. The molecular weight excluding hydrogens is 324 g/mol. The number of benzene rings is 1. The molecule has 3 rings (SSSR count). The highest BCUT2D eigenvalue weighted by molar-refractivity contribution is 7.09. The largest absolute Gasteiger partial charge is 0.480 e. The summed E-state index contributed by atoms with van der Waals surface area (Å²) in [5.74, 6) is -1.20. The highest BCUT2D eigenvalue weighted by atomic mass is 32.1. The van der Waals surface area contributed by atoms with Gasteiger partial charge in [-0.05, 0) is 18.4 Å². The van der Waals surface area contributed by atoms with Crippen molar-refractivity contribution in [1.29, 1.82) is 0 Å². The first-order valence-electron chi connectivity index (χ1n) is 8.09. The Balaban J connectivity index is 1.60. The van der Waals surface area contributed by atoms with E-state index in [4.69, 9.17) is 0 Å². The number of aliphatic carboxylic acids is 1. The van der Waals surface area contributed by atoms with Crippen molar-refractivity contribution in [3.8, 4) is 0 Å². The molecule has 1 amide bonds. The van der Waals surface area contributed by atoms with Crippen molar-refractivity contribution in [2.45, 2.75) is 44.1 Å². The molecule has 1 aliphatic carbocycles. The molecule has 2 aromatic rings. The number of rotatable bonds is 6. The van der Waals surface area contributed by atoms with E-state index < -0.39 is 11.5 Å². The minimum atomic E-state index is -1.08. The van der Waals surface area contributed by atoms with Gasteiger partial charge in [-0.2, -0.15) is 0 Å². The molecule has 24 heavy (non-hydrogen) atoms. The number of carboxylic acid groups (broad SMARTS) is 1.